The second-order valence-corrected chi connectivity index (χ2v) is 7.32. The van der Waals surface area contributed by atoms with Crippen molar-refractivity contribution in [3.8, 4) is 0 Å². The first-order valence-electron chi connectivity index (χ1n) is 9.26. The number of benzene rings is 1. The standard InChI is InChI=1S/C21H21FN4O2/c1-14-11-24-18(13-23-14)19(27)26-8-4-7-21(26,2)20-25-12-17(28-20)10-15-5-3-6-16(22)9-15/h3,5-6,9,11-13H,4,7-8,10H2,1-2H3. The molecule has 1 aliphatic rings. The molecule has 1 aromatic carbocycles. The van der Waals surface area contributed by atoms with Crippen molar-refractivity contribution < 1.29 is 13.6 Å². The van der Waals surface area contributed by atoms with Crippen LogP contribution in [0.15, 0.2) is 47.3 Å². The molecule has 3 aromatic rings. The van der Waals surface area contributed by atoms with E-state index in [1.165, 1.54) is 18.3 Å². The molecule has 2 aromatic heterocycles. The number of nitrogens with zero attached hydrogens (tertiary/aromatic N) is 4. The highest BCUT2D eigenvalue weighted by atomic mass is 19.1. The summed E-state index contributed by atoms with van der Waals surface area (Å²) < 4.78 is 19.4. The highest BCUT2D eigenvalue weighted by molar-refractivity contribution is 5.92. The summed E-state index contributed by atoms with van der Waals surface area (Å²) >= 11 is 0. The number of aromatic nitrogens is 3. The van der Waals surface area contributed by atoms with Crippen molar-refractivity contribution in [2.45, 2.75) is 38.6 Å². The fraction of sp³-hybridized carbons (Fsp3) is 0.333. The van der Waals surface area contributed by atoms with Gasteiger partial charge in [-0.3, -0.25) is 9.78 Å². The molecular weight excluding hydrogens is 359 g/mol. The molecule has 1 unspecified atom stereocenters. The normalized spacial score (nSPS) is 19.2. The monoisotopic (exact) mass is 380 g/mol. The van der Waals surface area contributed by atoms with Crippen LogP contribution in [0.2, 0.25) is 0 Å². The van der Waals surface area contributed by atoms with Crippen LogP contribution in [0, 0.1) is 12.7 Å². The Balaban J connectivity index is 1.57. The van der Waals surface area contributed by atoms with E-state index >= 15 is 0 Å². The summed E-state index contributed by atoms with van der Waals surface area (Å²) in [7, 11) is 0. The lowest BCUT2D eigenvalue weighted by atomic mass is 9.98. The van der Waals surface area contributed by atoms with E-state index in [9.17, 15) is 9.18 Å². The Labute approximate surface area is 162 Å². The van der Waals surface area contributed by atoms with Gasteiger partial charge in [-0.25, -0.2) is 14.4 Å². The van der Waals surface area contributed by atoms with Crippen molar-refractivity contribution in [2.75, 3.05) is 6.54 Å². The smallest absolute Gasteiger partial charge is 0.274 e. The number of likely N-dealkylation sites (tertiary alicyclic amines) is 1. The maximum atomic E-state index is 13.4. The second-order valence-electron chi connectivity index (χ2n) is 7.32. The summed E-state index contributed by atoms with van der Waals surface area (Å²) in [5.41, 5.74) is 1.23. The Morgan fingerprint density at radius 2 is 2.11 bits per heavy atom. The van der Waals surface area contributed by atoms with Gasteiger partial charge in [0.15, 0.2) is 0 Å². The zero-order chi connectivity index (χ0) is 19.7. The van der Waals surface area contributed by atoms with Gasteiger partial charge in [0, 0.05) is 19.2 Å². The Kier molecular flexibility index (Phi) is 4.66. The van der Waals surface area contributed by atoms with Crippen molar-refractivity contribution >= 4 is 5.91 Å². The molecular formula is C21H21FN4O2. The fourth-order valence-electron chi connectivity index (χ4n) is 3.64. The molecule has 1 atom stereocenters. The highest BCUT2D eigenvalue weighted by Gasteiger charge is 2.45. The molecule has 4 rings (SSSR count). The lowest BCUT2D eigenvalue weighted by Crippen LogP contribution is -2.43. The molecule has 0 bridgehead atoms. The molecule has 28 heavy (non-hydrogen) atoms. The van der Waals surface area contributed by atoms with Crippen LogP contribution < -0.4 is 0 Å². The van der Waals surface area contributed by atoms with Gasteiger partial charge in [0.25, 0.3) is 5.91 Å². The average Bonchev–Trinajstić information content (AvgIpc) is 3.29. The number of oxazole rings is 1. The largest absolute Gasteiger partial charge is 0.443 e. The molecule has 0 radical (unpaired) electrons. The van der Waals surface area contributed by atoms with Gasteiger partial charge in [-0.1, -0.05) is 12.1 Å². The summed E-state index contributed by atoms with van der Waals surface area (Å²) in [6, 6.07) is 6.40. The van der Waals surface area contributed by atoms with Gasteiger partial charge in [-0.05, 0) is 44.4 Å². The molecule has 0 saturated carbocycles. The van der Waals surface area contributed by atoms with E-state index in [0.717, 1.165) is 24.1 Å². The van der Waals surface area contributed by atoms with Gasteiger partial charge in [0.2, 0.25) is 5.89 Å². The molecule has 1 saturated heterocycles. The molecule has 1 aliphatic heterocycles. The number of halogens is 1. The van der Waals surface area contributed by atoms with Crippen LogP contribution >= 0.6 is 0 Å². The zero-order valence-corrected chi connectivity index (χ0v) is 15.9. The summed E-state index contributed by atoms with van der Waals surface area (Å²) in [5, 5.41) is 0. The van der Waals surface area contributed by atoms with Crippen LogP contribution in [0.3, 0.4) is 0 Å². The lowest BCUT2D eigenvalue weighted by molar-refractivity contribution is 0.0557. The van der Waals surface area contributed by atoms with Gasteiger partial charge in [0.05, 0.1) is 18.1 Å². The van der Waals surface area contributed by atoms with Gasteiger partial charge < -0.3 is 9.32 Å². The Morgan fingerprint density at radius 1 is 1.25 bits per heavy atom. The number of hydrogen-bond donors (Lipinski definition) is 0. The number of amides is 1. The van der Waals surface area contributed by atoms with Crippen molar-refractivity contribution in [3.05, 3.63) is 77.3 Å². The summed E-state index contributed by atoms with van der Waals surface area (Å²) in [5.74, 6) is 0.662. The van der Waals surface area contributed by atoms with Crippen molar-refractivity contribution in [1.29, 1.82) is 0 Å². The SMILES string of the molecule is Cc1cnc(C(=O)N2CCCC2(C)c2ncc(Cc3cccc(F)c3)o2)cn1. The van der Waals surface area contributed by atoms with Crippen LogP contribution in [-0.2, 0) is 12.0 Å². The quantitative estimate of drug-likeness (QED) is 0.691. The average molecular weight is 380 g/mol. The number of carbonyl (C=O) groups excluding carboxylic acids is 1. The molecule has 0 aliphatic carbocycles. The molecule has 1 amide bonds. The summed E-state index contributed by atoms with van der Waals surface area (Å²) in [6.07, 6.45) is 6.78. The van der Waals surface area contributed by atoms with E-state index in [-0.39, 0.29) is 11.7 Å². The molecule has 0 N–H and O–H groups in total. The fourth-order valence-corrected chi connectivity index (χ4v) is 3.64. The second kappa shape index (κ2) is 7.14. The minimum Gasteiger partial charge on any atom is -0.443 e. The molecule has 7 heteroatoms. The first kappa shape index (κ1) is 18.3. The minimum absolute atomic E-state index is 0.183. The summed E-state index contributed by atoms with van der Waals surface area (Å²) in [6.45, 7) is 4.39. The van der Waals surface area contributed by atoms with Crippen molar-refractivity contribution in [2.24, 2.45) is 0 Å². The van der Waals surface area contributed by atoms with E-state index in [1.54, 1.807) is 23.4 Å². The van der Waals surface area contributed by atoms with Crippen LogP contribution in [0.5, 0.6) is 0 Å². The molecule has 144 valence electrons. The van der Waals surface area contributed by atoms with Crippen LogP contribution in [0.25, 0.3) is 0 Å². The van der Waals surface area contributed by atoms with Crippen LogP contribution in [0.1, 0.15) is 53.2 Å². The van der Waals surface area contributed by atoms with Gasteiger partial charge >= 0.3 is 0 Å². The van der Waals surface area contributed by atoms with E-state index < -0.39 is 5.54 Å². The Hall–Kier alpha value is -3.09. The maximum Gasteiger partial charge on any atom is 0.274 e. The third kappa shape index (κ3) is 3.40. The van der Waals surface area contributed by atoms with Crippen LogP contribution in [-0.4, -0.2) is 32.3 Å². The van der Waals surface area contributed by atoms with Crippen LogP contribution in [0.4, 0.5) is 4.39 Å². The van der Waals surface area contributed by atoms with Gasteiger partial charge in [-0.15, -0.1) is 0 Å². The Morgan fingerprint density at radius 3 is 2.86 bits per heavy atom. The zero-order valence-electron chi connectivity index (χ0n) is 15.9. The van der Waals surface area contributed by atoms with E-state index in [4.69, 9.17) is 4.42 Å². The highest BCUT2D eigenvalue weighted by Crippen LogP contribution is 2.39. The van der Waals surface area contributed by atoms with Gasteiger partial charge in [-0.2, -0.15) is 0 Å². The van der Waals surface area contributed by atoms with E-state index in [1.807, 2.05) is 19.9 Å². The number of hydrogen-bond acceptors (Lipinski definition) is 5. The minimum atomic E-state index is -0.649. The number of carbonyl (C=O) groups is 1. The topological polar surface area (TPSA) is 72.1 Å². The van der Waals surface area contributed by atoms with Crippen molar-refractivity contribution in [3.63, 3.8) is 0 Å². The number of aryl methyl sites for hydroxylation is 1. The van der Waals surface area contributed by atoms with E-state index in [0.29, 0.717) is 30.3 Å². The lowest BCUT2D eigenvalue weighted by Gasteiger charge is -2.32. The van der Waals surface area contributed by atoms with Gasteiger partial charge in [0.1, 0.15) is 22.8 Å². The molecule has 6 nitrogen and oxygen atoms in total. The Bertz CT molecular complexity index is 1000. The number of rotatable bonds is 4. The predicted molar refractivity (Wildman–Crippen MR) is 100 cm³/mol. The van der Waals surface area contributed by atoms with Crippen molar-refractivity contribution in [1.82, 2.24) is 19.9 Å². The third-order valence-electron chi connectivity index (χ3n) is 5.17. The first-order valence-corrected chi connectivity index (χ1v) is 9.26. The summed E-state index contributed by atoms with van der Waals surface area (Å²) in [4.78, 5) is 27.6. The maximum absolute atomic E-state index is 13.4. The molecule has 0 spiro atoms. The third-order valence-corrected chi connectivity index (χ3v) is 5.17. The molecule has 1 fully saturated rings. The van der Waals surface area contributed by atoms with E-state index in [2.05, 4.69) is 15.0 Å². The predicted octanol–water partition coefficient (Wildman–Crippen LogP) is 3.65. The molecule has 3 heterocycles. The first-order chi connectivity index (χ1) is 13.5.